The summed E-state index contributed by atoms with van der Waals surface area (Å²) in [6.07, 6.45) is 0. The number of non-ortho nitro benzene ring substituents is 1. The number of benzene rings is 1. The Bertz CT molecular complexity index is 426. The summed E-state index contributed by atoms with van der Waals surface area (Å²) in [5, 5.41) is 10.6. The second kappa shape index (κ2) is 4.74. The summed E-state index contributed by atoms with van der Waals surface area (Å²) in [4.78, 5) is 21.6. The van der Waals surface area contributed by atoms with Crippen LogP contribution in [0.4, 0.5) is 5.69 Å². The molecule has 1 aromatic carbocycles. The largest absolute Gasteiger partial charge is 0.465 e. The molecular formula is C11H13NO4. The van der Waals surface area contributed by atoms with Crippen molar-refractivity contribution in [3.05, 3.63) is 39.4 Å². The zero-order valence-electron chi connectivity index (χ0n) is 9.39. The first-order valence-corrected chi connectivity index (χ1v) is 4.84. The first kappa shape index (κ1) is 12.2. The number of nitro groups is 1. The Morgan fingerprint density at radius 1 is 1.44 bits per heavy atom. The number of carbonyl (C=O) groups is 1. The van der Waals surface area contributed by atoms with Crippen molar-refractivity contribution in [3.63, 3.8) is 0 Å². The van der Waals surface area contributed by atoms with Crippen LogP contribution in [-0.4, -0.2) is 18.0 Å². The molecule has 5 nitrogen and oxygen atoms in total. The summed E-state index contributed by atoms with van der Waals surface area (Å²) in [5.41, 5.74) is 0.987. The summed E-state index contributed by atoms with van der Waals surface area (Å²) in [6.45, 7) is 3.73. The lowest BCUT2D eigenvalue weighted by Gasteiger charge is -2.10. The van der Waals surface area contributed by atoms with Gasteiger partial charge in [-0.25, -0.2) is 4.79 Å². The molecule has 1 aromatic rings. The third-order valence-electron chi connectivity index (χ3n) is 2.27. The molecule has 0 amide bonds. The lowest BCUT2D eigenvalue weighted by Crippen LogP contribution is -2.07. The lowest BCUT2D eigenvalue weighted by molar-refractivity contribution is -0.384. The zero-order valence-corrected chi connectivity index (χ0v) is 9.39. The SMILES string of the molecule is COC(=O)c1ccc([N+](=O)[O-])cc1C(C)C. The highest BCUT2D eigenvalue weighted by Gasteiger charge is 2.18. The fourth-order valence-electron chi connectivity index (χ4n) is 1.44. The second-order valence-corrected chi connectivity index (χ2v) is 3.67. The van der Waals surface area contributed by atoms with Crippen molar-refractivity contribution in [2.75, 3.05) is 7.11 Å². The summed E-state index contributed by atoms with van der Waals surface area (Å²) >= 11 is 0. The highest BCUT2D eigenvalue weighted by atomic mass is 16.6. The fourth-order valence-corrected chi connectivity index (χ4v) is 1.44. The summed E-state index contributed by atoms with van der Waals surface area (Å²) in [5.74, 6) is -0.451. The van der Waals surface area contributed by atoms with E-state index in [0.717, 1.165) is 0 Å². The molecule has 86 valence electrons. The molecule has 0 fully saturated rings. The minimum absolute atomic E-state index is 0.0173. The van der Waals surface area contributed by atoms with Crippen LogP contribution < -0.4 is 0 Å². The smallest absolute Gasteiger partial charge is 0.338 e. The molecule has 0 aliphatic rings. The molecule has 1 rings (SSSR count). The molecule has 0 aliphatic carbocycles. The van der Waals surface area contributed by atoms with Gasteiger partial charge < -0.3 is 4.74 Å². The third-order valence-corrected chi connectivity index (χ3v) is 2.27. The fraction of sp³-hybridized carbons (Fsp3) is 0.364. The monoisotopic (exact) mass is 223 g/mol. The van der Waals surface area contributed by atoms with E-state index in [1.807, 2.05) is 13.8 Å². The van der Waals surface area contributed by atoms with Gasteiger partial charge in [0.05, 0.1) is 17.6 Å². The van der Waals surface area contributed by atoms with Crippen molar-refractivity contribution in [1.29, 1.82) is 0 Å². The van der Waals surface area contributed by atoms with E-state index in [0.29, 0.717) is 11.1 Å². The number of methoxy groups -OCH3 is 1. The van der Waals surface area contributed by atoms with Gasteiger partial charge in [0.2, 0.25) is 0 Å². The molecule has 0 radical (unpaired) electrons. The van der Waals surface area contributed by atoms with Gasteiger partial charge in [0.1, 0.15) is 0 Å². The maximum Gasteiger partial charge on any atom is 0.338 e. The van der Waals surface area contributed by atoms with E-state index >= 15 is 0 Å². The summed E-state index contributed by atoms with van der Waals surface area (Å²) < 4.78 is 4.62. The molecule has 0 aliphatic heterocycles. The molecule has 0 N–H and O–H groups in total. The number of carbonyl (C=O) groups excluding carboxylic acids is 1. The Hall–Kier alpha value is -1.91. The molecule has 0 aromatic heterocycles. The van der Waals surface area contributed by atoms with E-state index in [4.69, 9.17) is 0 Å². The standard InChI is InChI=1S/C11H13NO4/c1-7(2)10-6-8(12(14)15)4-5-9(10)11(13)16-3/h4-7H,1-3H3. The van der Waals surface area contributed by atoms with Gasteiger partial charge in [-0.15, -0.1) is 0 Å². The Kier molecular flexibility index (Phi) is 3.60. The van der Waals surface area contributed by atoms with Crippen LogP contribution in [0.25, 0.3) is 0 Å². The van der Waals surface area contributed by atoms with Crippen LogP contribution in [0.3, 0.4) is 0 Å². The first-order valence-electron chi connectivity index (χ1n) is 4.84. The van der Waals surface area contributed by atoms with E-state index in [1.165, 1.54) is 25.3 Å². The number of nitro benzene ring substituents is 1. The number of hydrogen-bond acceptors (Lipinski definition) is 4. The second-order valence-electron chi connectivity index (χ2n) is 3.67. The van der Waals surface area contributed by atoms with Gasteiger partial charge in [-0.1, -0.05) is 13.8 Å². The number of nitrogens with zero attached hydrogens (tertiary/aromatic N) is 1. The molecule has 0 unspecified atom stereocenters. The van der Waals surface area contributed by atoms with Crippen molar-refractivity contribution in [2.45, 2.75) is 19.8 Å². The van der Waals surface area contributed by atoms with E-state index in [-0.39, 0.29) is 11.6 Å². The maximum atomic E-state index is 11.4. The van der Waals surface area contributed by atoms with E-state index < -0.39 is 10.9 Å². The average Bonchev–Trinajstić information content (AvgIpc) is 2.26. The third kappa shape index (κ3) is 2.36. The van der Waals surface area contributed by atoms with Crippen molar-refractivity contribution in [2.24, 2.45) is 0 Å². The highest BCUT2D eigenvalue weighted by Crippen LogP contribution is 2.25. The molecular weight excluding hydrogens is 210 g/mol. The Morgan fingerprint density at radius 3 is 2.50 bits per heavy atom. The Morgan fingerprint density at radius 2 is 2.06 bits per heavy atom. The predicted octanol–water partition coefficient (Wildman–Crippen LogP) is 2.50. The van der Waals surface area contributed by atoms with Crippen LogP contribution in [-0.2, 0) is 4.74 Å². The first-order chi connectivity index (χ1) is 7.47. The van der Waals surface area contributed by atoms with Gasteiger partial charge in [-0.3, -0.25) is 10.1 Å². The van der Waals surface area contributed by atoms with Crippen LogP contribution in [0.1, 0.15) is 35.7 Å². The predicted molar refractivity (Wildman–Crippen MR) is 58.5 cm³/mol. The van der Waals surface area contributed by atoms with Gasteiger partial charge in [0.15, 0.2) is 0 Å². The topological polar surface area (TPSA) is 69.4 Å². The van der Waals surface area contributed by atoms with Crippen molar-refractivity contribution < 1.29 is 14.5 Å². The Labute approximate surface area is 93.2 Å². The molecule has 0 atom stereocenters. The maximum absolute atomic E-state index is 11.4. The van der Waals surface area contributed by atoms with Crippen LogP contribution in [0.5, 0.6) is 0 Å². The number of rotatable bonds is 3. The van der Waals surface area contributed by atoms with Crippen molar-refractivity contribution in [3.8, 4) is 0 Å². The highest BCUT2D eigenvalue weighted by molar-refractivity contribution is 5.91. The minimum Gasteiger partial charge on any atom is -0.465 e. The van der Waals surface area contributed by atoms with Crippen LogP contribution in [0, 0.1) is 10.1 Å². The molecule has 0 saturated heterocycles. The van der Waals surface area contributed by atoms with Gasteiger partial charge >= 0.3 is 5.97 Å². The van der Waals surface area contributed by atoms with Gasteiger partial charge in [0, 0.05) is 12.1 Å². The summed E-state index contributed by atoms with van der Waals surface area (Å²) in [6, 6.07) is 4.15. The van der Waals surface area contributed by atoms with E-state index in [1.54, 1.807) is 0 Å². The van der Waals surface area contributed by atoms with Crippen molar-refractivity contribution in [1.82, 2.24) is 0 Å². The van der Waals surface area contributed by atoms with Crippen molar-refractivity contribution >= 4 is 11.7 Å². The molecule has 16 heavy (non-hydrogen) atoms. The molecule has 0 spiro atoms. The van der Waals surface area contributed by atoms with E-state index in [2.05, 4.69) is 4.74 Å². The quantitative estimate of drug-likeness (QED) is 0.448. The molecule has 0 heterocycles. The lowest BCUT2D eigenvalue weighted by atomic mass is 9.96. The normalized spacial score (nSPS) is 10.2. The van der Waals surface area contributed by atoms with Gasteiger partial charge in [0.25, 0.3) is 5.69 Å². The Balaban J connectivity index is 3.30. The molecule has 0 bridgehead atoms. The number of esters is 1. The van der Waals surface area contributed by atoms with Crippen LogP contribution in [0.2, 0.25) is 0 Å². The zero-order chi connectivity index (χ0) is 12.3. The number of hydrogen-bond donors (Lipinski definition) is 0. The number of ether oxygens (including phenoxy) is 1. The molecule has 5 heteroatoms. The average molecular weight is 223 g/mol. The van der Waals surface area contributed by atoms with Gasteiger partial charge in [-0.2, -0.15) is 0 Å². The van der Waals surface area contributed by atoms with E-state index in [9.17, 15) is 14.9 Å². The van der Waals surface area contributed by atoms with Gasteiger partial charge in [-0.05, 0) is 17.5 Å². The summed E-state index contributed by atoms with van der Waals surface area (Å²) in [7, 11) is 1.29. The van der Waals surface area contributed by atoms with Crippen LogP contribution >= 0.6 is 0 Å². The molecule has 0 saturated carbocycles. The minimum atomic E-state index is -0.479. The van der Waals surface area contributed by atoms with Crippen LogP contribution in [0.15, 0.2) is 18.2 Å².